The van der Waals surface area contributed by atoms with Crippen molar-refractivity contribution in [2.24, 2.45) is 0 Å². The van der Waals surface area contributed by atoms with Crippen molar-refractivity contribution in [2.45, 2.75) is 20.0 Å². The van der Waals surface area contributed by atoms with E-state index in [0.717, 1.165) is 19.9 Å². The fourth-order valence-electron chi connectivity index (χ4n) is 3.02. The first-order valence-electron chi connectivity index (χ1n) is 8.75. The Morgan fingerprint density at radius 1 is 1.17 bits per heavy atom. The van der Waals surface area contributed by atoms with Gasteiger partial charge in [0.15, 0.2) is 5.69 Å². The molecule has 0 aliphatic rings. The Morgan fingerprint density at radius 3 is 2.63 bits per heavy atom. The predicted octanol–water partition coefficient (Wildman–Crippen LogP) is 6.02. The maximum absolute atomic E-state index is 13.1. The molecule has 0 atom stereocenters. The average molecular weight is 451 g/mol. The lowest BCUT2D eigenvalue weighted by atomic mass is 10.1. The minimum Gasteiger partial charge on any atom is -0.322 e. The molecule has 0 saturated carbocycles. The Kier molecular flexibility index (Phi) is 5.03. The summed E-state index contributed by atoms with van der Waals surface area (Å²) in [4.78, 5) is 17.1. The third-order valence-corrected chi connectivity index (χ3v) is 5.80. The number of rotatable bonds is 3. The maximum atomic E-state index is 13.1. The standard InChI is InChI=1S/C20H14ClF3N4OS/c1-10-17(21)18(20(22,23)24)27-28(10)14-5-3-4-12(8-14)19(29)26-13-6-7-15-16(9-13)30-11(2)25-15/h3-9H,1-2H3,(H,26,29). The highest BCUT2D eigenvalue weighted by atomic mass is 35.5. The molecule has 0 spiro atoms. The summed E-state index contributed by atoms with van der Waals surface area (Å²) in [6, 6.07) is 11.5. The van der Waals surface area contributed by atoms with Gasteiger partial charge in [0.05, 0.1) is 31.6 Å². The van der Waals surface area contributed by atoms with Gasteiger partial charge in [-0.15, -0.1) is 11.3 Å². The molecule has 154 valence electrons. The number of anilines is 1. The zero-order valence-electron chi connectivity index (χ0n) is 15.7. The Bertz CT molecular complexity index is 1280. The fraction of sp³-hybridized carbons (Fsp3) is 0.150. The minimum atomic E-state index is -4.67. The van der Waals surface area contributed by atoms with Crippen LogP contribution in [0.15, 0.2) is 42.5 Å². The summed E-state index contributed by atoms with van der Waals surface area (Å²) in [5, 5.41) is 6.85. The van der Waals surface area contributed by atoms with Crippen molar-refractivity contribution in [1.29, 1.82) is 0 Å². The van der Waals surface area contributed by atoms with Gasteiger partial charge in [0, 0.05) is 11.3 Å². The van der Waals surface area contributed by atoms with Crippen molar-refractivity contribution in [3.8, 4) is 5.69 Å². The molecular formula is C20H14ClF3N4OS. The van der Waals surface area contributed by atoms with E-state index in [1.54, 1.807) is 24.3 Å². The third-order valence-electron chi connectivity index (χ3n) is 4.42. The van der Waals surface area contributed by atoms with Crippen LogP contribution in [0.5, 0.6) is 0 Å². The van der Waals surface area contributed by atoms with Crippen LogP contribution in [0, 0.1) is 13.8 Å². The Morgan fingerprint density at radius 2 is 1.93 bits per heavy atom. The lowest BCUT2D eigenvalue weighted by Gasteiger charge is -2.09. The smallest absolute Gasteiger partial charge is 0.322 e. The third kappa shape index (κ3) is 3.78. The minimum absolute atomic E-state index is 0.132. The van der Waals surface area contributed by atoms with Gasteiger partial charge in [0.1, 0.15) is 0 Å². The number of halogens is 4. The van der Waals surface area contributed by atoms with E-state index in [-0.39, 0.29) is 11.3 Å². The summed E-state index contributed by atoms with van der Waals surface area (Å²) >= 11 is 7.34. The van der Waals surface area contributed by atoms with Crippen LogP contribution in [0.3, 0.4) is 0 Å². The van der Waals surface area contributed by atoms with Gasteiger partial charge in [-0.05, 0) is 50.2 Å². The quantitative estimate of drug-likeness (QED) is 0.415. The van der Waals surface area contributed by atoms with Crippen molar-refractivity contribution in [3.63, 3.8) is 0 Å². The summed E-state index contributed by atoms with van der Waals surface area (Å²) in [6.07, 6.45) is -4.67. The number of hydrogen-bond donors (Lipinski definition) is 1. The number of nitrogens with zero attached hydrogens (tertiary/aromatic N) is 3. The van der Waals surface area contributed by atoms with Crippen LogP contribution in [0.1, 0.15) is 26.8 Å². The molecule has 2 aromatic heterocycles. The van der Waals surface area contributed by atoms with Gasteiger partial charge >= 0.3 is 6.18 Å². The van der Waals surface area contributed by atoms with Crippen LogP contribution in [-0.2, 0) is 6.18 Å². The summed E-state index contributed by atoms with van der Waals surface area (Å²) in [5.41, 5.74) is 0.985. The van der Waals surface area contributed by atoms with E-state index in [1.807, 2.05) is 19.1 Å². The number of aryl methyl sites for hydroxylation is 1. The van der Waals surface area contributed by atoms with Gasteiger partial charge in [0.25, 0.3) is 5.91 Å². The molecule has 1 amide bonds. The summed E-state index contributed by atoms with van der Waals surface area (Å²) < 4.78 is 41.3. The van der Waals surface area contributed by atoms with E-state index in [2.05, 4.69) is 15.4 Å². The van der Waals surface area contributed by atoms with Gasteiger partial charge in [-0.2, -0.15) is 18.3 Å². The molecule has 0 radical (unpaired) electrons. The Labute approximate surface area is 178 Å². The van der Waals surface area contributed by atoms with Crippen LogP contribution in [-0.4, -0.2) is 20.7 Å². The number of aromatic nitrogens is 3. The van der Waals surface area contributed by atoms with Crippen LogP contribution in [0.2, 0.25) is 5.02 Å². The first-order valence-corrected chi connectivity index (χ1v) is 9.94. The van der Waals surface area contributed by atoms with E-state index >= 15 is 0 Å². The normalized spacial score (nSPS) is 11.8. The number of amides is 1. The molecule has 0 fully saturated rings. The molecule has 30 heavy (non-hydrogen) atoms. The van der Waals surface area contributed by atoms with Crippen LogP contribution >= 0.6 is 22.9 Å². The van der Waals surface area contributed by atoms with Crippen molar-refractivity contribution in [3.05, 3.63) is 69.4 Å². The second kappa shape index (κ2) is 7.41. The van der Waals surface area contributed by atoms with Crippen LogP contribution < -0.4 is 5.32 Å². The molecule has 0 saturated heterocycles. The van der Waals surface area contributed by atoms with Crippen molar-refractivity contribution in [1.82, 2.24) is 14.8 Å². The zero-order chi connectivity index (χ0) is 21.6. The predicted molar refractivity (Wildman–Crippen MR) is 111 cm³/mol. The Balaban J connectivity index is 1.63. The van der Waals surface area contributed by atoms with Crippen LogP contribution in [0.4, 0.5) is 18.9 Å². The molecule has 1 N–H and O–H groups in total. The monoisotopic (exact) mass is 450 g/mol. The zero-order valence-corrected chi connectivity index (χ0v) is 17.3. The number of alkyl halides is 3. The van der Waals surface area contributed by atoms with Crippen molar-refractivity contribution in [2.75, 3.05) is 5.32 Å². The van der Waals surface area contributed by atoms with Crippen molar-refractivity contribution >= 4 is 44.7 Å². The topological polar surface area (TPSA) is 59.8 Å². The molecule has 5 nitrogen and oxygen atoms in total. The van der Waals surface area contributed by atoms with E-state index in [1.165, 1.54) is 24.3 Å². The van der Waals surface area contributed by atoms with E-state index in [9.17, 15) is 18.0 Å². The summed E-state index contributed by atoms with van der Waals surface area (Å²) in [5.74, 6) is -0.399. The van der Waals surface area contributed by atoms with Crippen LogP contribution in [0.25, 0.3) is 15.9 Å². The van der Waals surface area contributed by atoms with Gasteiger partial charge in [-0.3, -0.25) is 4.79 Å². The molecule has 2 aromatic carbocycles. The molecule has 2 heterocycles. The average Bonchev–Trinajstić information content (AvgIpc) is 3.20. The fourth-order valence-corrected chi connectivity index (χ4v) is 4.11. The van der Waals surface area contributed by atoms with E-state index in [0.29, 0.717) is 11.4 Å². The number of benzene rings is 2. The first kappa shape index (κ1) is 20.4. The molecule has 4 aromatic rings. The molecule has 0 bridgehead atoms. The number of fused-ring (bicyclic) bond motifs is 1. The highest BCUT2D eigenvalue weighted by Crippen LogP contribution is 2.36. The first-order chi connectivity index (χ1) is 14.1. The molecule has 4 rings (SSSR count). The maximum Gasteiger partial charge on any atom is 0.436 e. The SMILES string of the molecule is Cc1nc2ccc(NC(=O)c3cccc(-n4nc(C(F)(F)F)c(Cl)c4C)c3)cc2s1. The lowest BCUT2D eigenvalue weighted by molar-refractivity contribution is -0.141. The van der Waals surface area contributed by atoms with Gasteiger partial charge in [0.2, 0.25) is 0 Å². The molecule has 0 unspecified atom stereocenters. The van der Waals surface area contributed by atoms with Gasteiger partial charge in [-0.1, -0.05) is 17.7 Å². The largest absolute Gasteiger partial charge is 0.436 e. The highest BCUT2D eigenvalue weighted by molar-refractivity contribution is 7.18. The number of hydrogen-bond acceptors (Lipinski definition) is 4. The Hall–Kier alpha value is -2.91. The highest BCUT2D eigenvalue weighted by Gasteiger charge is 2.38. The van der Waals surface area contributed by atoms with Crippen molar-refractivity contribution < 1.29 is 18.0 Å². The summed E-state index contributed by atoms with van der Waals surface area (Å²) in [6.45, 7) is 3.34. The van der Waals surface area contributed by atoms with E-state index in [4.69, 9.17) is 11.6 Å². The lowest BCUT2D eigenvalue weighted by Crippen LogP contribution is -2.13. The second-order valence-electron chi connectivity index (χ2n) is 6.58. The second-order valence-corrected chi connectivity index (χ2v) is 8.19. The summed E-state index contributed by atoms with van der Waals surface area (Å²) in [7, 11) is 0. The van der Waals surface area contributed by atoms with Gasteiger partial charge < -0.3 is 5.32 Å². The van der Waals surface area contributed by atoms with Gasteiger partial charge in [-0.25, -0.2) is 9.67 Å². The molecular weight excluding hydrogens is 437 g/mol. The number of carbonyl (C=O) groups is 1. The van der Waals surface area contributed by atoms with E-state index < -0.39 is 22.8 Å². The molecule has 0 aliphatic carbocycles. The molecule has 0 aliphatic heterocycles. The number of thiazole rings is 1. The number of carbonyl (C=O) groups excluding carboxylic acids is 1. The molecule has 10 heteroatoms. The number of nitrogens with one attached hydrogen (secondary N) is 1.